The summed E-state index contributed by atoms with van der Waals surface area (Å²) in [5, 5.41) is 9.36. The van der Waals surface area contributed by atoms with Crippen molar-refractivity contribution in [3.8, 4) is 5.75 Å². The zero-order valence-electron chi connectivity index (χ0n) is 11.0. The molecule has 0 amide bonds. The Bertz CT molecular complexity index is 412. The van der Waals surface area contributed by atoms with Crippen molar-refractivity contribution >= 4 is 0 Å². The second-order valence-electron chi connectivity index (χ2n) is 5.79. The summed E-state index contributed by atoms with van der Waals surface area (Å²) in [5.41, 5.74) is 3.04. The van der Waals surface area contributed by atoms with Crippen LogP contribution in [0.25, 0.3) is 0 Å². The highest BCUT2D eigenvalue weighted by atomic mass is 16.3. The number of hydrogen-bond donors (Lipinski definition) is 1. The predicted molar refractivity (Wildman–Crippen MR) is 72.2 cm³/mol. The van der Waals surface area contributed by atoms with Crippen LogP contribution in [0.15, 0.2) is 35.9 Å². The van der Waals surface area contributed by atoms with Crippen molar-refractivity contribution in [2.24, 2.45) is 5.92 Å². The van der Waals surface area contributed by atoms with E-state index in [2.05, 4.69) is 39.0 Å². The first-order valence-corrected chi connectivity index (χ1v) is 6.45. The molecule has 1 heteroatoms. The van der Waals surface area contributed by atoms with E-state index in [1.807, 2.05) is 0 Å². The summed E-state index contributed by atoms with van der Waals surface area (Å²) >= 11 is 0. The lowest BCUT2D eigenvalue weighted by molar-refractivity contribution is 0.291. The molecule has 1 aliphatic carbocycles. The molecule has 0 unspecified atom stereocenters. The molecule has 0 saturated heterocycles. The lowest BCUT2D eigenvalue weighted by Gasteiger charge is -2.36. The Morgan fingerprint density at radius 3 is 2.35 bits per heavy atom. The smallest absolute Gasteiger partial charge is 0.115 e. The van der Waals surface area contributed by atoms with Crippen molar-refractivity contribution < 1.29 is 5.11 Å². The Morgan fingerprint density at radius 1 is 1.18 bits per heavy atom. The quantitative estimate of drug-likeness (QED) is 0.746. The van der Waals surface area contributed by atoms with Gasteiger partial charge in [0.15, 0.2) is 0 Å². The second kappa shape index (κ2) is 4.56. The topological polar surface area (TPSA) is 20.2 Å². The summed E-state index contributed by atoms with van der Waals surface area (Å²) in [5.74, 6) is 1.06. The fourth-order valence-electron chi connectivity index (χ4n) is 2.75. The highest BCUT2D eigenvalue weighted by Gasteiger charge is 2.31. The molecule has 0 saturated carbocycles. The lowest BCUT2D eigenvalue weighted by atomic mass is 9.68. The van der Waals surface area contributed by atoms with Crippen LogP contribution >= 0.6 is 0 Å². The molecule has 1 nitrogen and oxygen atoms in total. The van der Waals surface area contributed by atoms with Crippen molar-refractivity contribution in [3.63, 3.8) is 0 Å². The highest BCUT2D eigenvalue weighted by Crippen LogP contribution is 2.40. The van der Waals surface area contributed by atoms with E-state index in [1.54, 1.807) is 12.1 Å². The normalized spacial score (nSPS) is 21.1. The SMILES string of the molecule is CC1=CC[C@@H](C(C)(C)c2ccc(O)cc2)CC1. The van der Waals surface area contributed by atoms with E-state index in [1.165, 1.54) is 30.4 Å². The largest absolute Gasteiger partial charge is 0.508 e. The van der Waals surface area contributed by atoms with Crippen molar-refractivity contribution in [3.05, 3.63) is 41.5 Å². The second-order valence-corrected chi connectivity index (χ2v) is 5.79. The first-order valence-electron chi connectivity index (χ1n) is 6.45. The molecule has 0 aromatic heterocycles. The zero-order valence-corrected chi connectivity index (χ0v) is 11.0. The van der Waals surface area contributed by atoms with Gasteiger partial charge in [-0.05, 0) is 55.2 Å². The Kier molecular flexibility index (Phi) is 3.28. The average molecular weight is 230 g/mol. The van der Waals surface area contributed by atoms with E-state index in [9.17, 15) is 5.11 Å². The third-order valence-corrected chi connectivity index (χ3v) is 4.27. The Morgan fingerprint density at radius 2 is 1.82 bits per heavy atom. The molecule has 0 heterocycles. The molecule has 0 radical (unpaired) electrons. The van der Waals surface area contributed by atoms with Gasteiger partial charge in [0, 0.05) is 0 Å². The van der Waals surface area contributed by atoms with Gasteiger partial charge in [-0.3, -0.25) is 0 Å². The van der Waals surface area contributed by atoms with Crippen molar-refractivity contribution in [2.75, 3.05) is 0 Å². The summed E-state index contributed by atoms with van der Waals surface area (Å²) < 4.78 is 0. The number of allylic oxidation sites excluding steroid dienone is 2. The maximum Gasteiger partial charge on any atom is 0.115 e. The number of phenols is 1. The van der Waals surface area contributed by atoms with E-state index in [0.717, 1.165) is 0 Å². The van der Waals surface area contributed by atoms with Crippen molar-refractivity contribution in [1.82, 2.24) is 0 Å². The summed E-state index contributed by atoms with van der Waals surface area (Å²) in [6, 6.07) is 7.70. The van der Waals surface area contributed by atoms with Gasteiger partial charge in [-0.25, -0.2) is 0 Å². The minimum Gasteiger partial charge on any atom is -0.508 e. The summed E-state index contributed by atoms with van der Waals surface area (Å²) in [4.78, 5) is 0. The van der Waals surface area contributed by atoms with Crippen LogP contribution in [0, 0.1) is 5.92 Å². The summed E-state index contributed by atoms with van der Waals surface area (Å²) in [6.07, 6.45) is 6.07. The molecule has 1 aromatic rings. The Hall–Kier alpha value is -1.24. The highest BCUT2D eigenvalue weighted by molar-refractivity contribution is 5.31. The first kappa shape index (κ1) is 12.2. The van der Waals surface area contributed by atoms with Crippen LogP contribution in [0.3, 0.4) is 0 Å². The molecule has 1 aliphatic rings. The van der Waals surface area contributed by atoms with E-state index in [4.69, 9.17) is 0 Å². The van der Waals surface area contributed by atoms with Gasteiger partial charge < -0.3 is 5.11 Å². The van der Waals surface area contributed by atoms with Crippen LogP contribution in [0.1, 0.15) is 45.6 Å². The molecule has 2 rings (SSSR count). The molecule has 0 bridgehead atoms. The minimum atomic E-state index is 0.185. The monoisotopic (exact) mass is 230 g/mol. The molecular formula is C16H22O. The molecular weight excluding hydrogens is 208 g/mol. The number of hydrogen-bond acceptors (Lipinski definition) is 1. The van der Waals surface area contributed by atoms with Gasteiger partial charge in [-0.2, -0.15) is 0 Å². The van der Waals surface area contributed by atoms with Crippen LogP contribution in [0.2, 0.25) is 0 Å². The first-order chi connectivity index (χ1) is 8.00. The average Bonchev–Trinajstić information content (AvgIpc) is 2.30. The van der Waals surface area contributed by atoms with E-state index in [0.29, 0.717) is 11.7 Å². The summed E-state index contributed by atoms with van der Waals surface area (Å²) in [7, 11) is 0. The number of benzene rings is 1. The van der Waals surface area contributed by atoms with Gasteiger partial charge in [0.05, 0.1) is 0 Å². The van der Waals surface area contributed by atoms with Crippen molar-refractivity contribution in [2.45, 2.75) is 45.4 Å². The van der Waals surface area contributed by atoms with Gasteiger partial charge in [0.25, 0.3) is 0 Å². The van der Waals surface area contributed by atoms with Crippen LogP contribution in [-0.4, -0.2) is 5.11 Å². The third kappa shape index (κ3) is 2.54. The Labute approximate surface area is 104 Å². The van der Waals surface area contributed by atoms with Gasteiger partial charge in [-0.1, -0.05) is 37.6 Å². The fourth-order valence-corrected chi connectivity index (χ4v) is 2.75. The molecule has 1 N–H and O–H groups in total. The minimum absolute atomic E-state index is 0.185. The van der Waals surface area contributed by atoms with E-state index >= 15 is 0 Å². The zero-order chi connectivity index (χ0) is 12.5. The van der Waals surface area contributed by atoms with Crippen LogP contribution in [-0.2, 0) is 5.41 Å². The van der Waals surface area contributed by atoms with Crippen LogP contribution < -0.4 is 0 Å². The Balaban J connectivity index is 2.21. The number of rotatable bonds is 2. The van der Waals surface area contributed by atoms with Gasteiger partial charge in [0.2, 0.25) is 0 Å². The molecule has 0 spiro atoms. The maximum absolute atomic E-state index is 9.36. The van der Waals surface area contributed by atoms with Crippen molar-refractivity contribution in [1.29, 1.82) is 0 Å². The molecule has 92 valence electrons. The van der Waals surface area contributed by atoms with E-state index in [-0.39, 0.29) is 5.41 Å². The number of aromatic hydroxyl groups is 1. The fraction of sp³-hybridized carbons (Fsp3) is 0.500. The van der Waals surface area contributed by atoms with Crippen LogP contribution in [0.4, 0.5) is 0 Å². The van der Waals surface area contributed by atoms with Crippen LogP contribution in [0.5, 0.6) is 5.75 Å². The molecule has 1 aromatic carbocycles. The van der Waals surface area contributed by atoms with Gasteiger partial charge in [0.1, 0.15) is 5.75 Å². The third-order valence-electron chi connectivity index (χ3n) is 4.27. The molecule has 1 atom stereocenters. The molecule has 0 fully saturated rings. The number of phenolic OH excluding ortho intramolecular Hbond substituents is 1. The predicted octanol–water partition coefficient (Wildman–Crippen LogP) is 4.42. The maximum atomic E-state index is 9.36. The van der Waals surface area contributed by atoms with Gasteiger partial charge in [-0.15, -0.1) is 0 Å². The van der Waals surface area contributed by atoms with E-state index < -0.39 is 0 Å². The van der Waals surface area contributed by atoms with Gasteiger partial charge >= 0.3 is 0 Å². The molecule has 17 heavy (non-hydrogen) atoms. The standard InChI is InChI=1S/C16H22O/c1-12-4-6-13(7-5-12)16(2,3)14-8-10-15(17)11-9-14/h4,8-11,13,17H,5-7H2,1-3H3/t13-/m1/s1. The summed E-state index contributed by atoms with van der Waals surface area (Å²) in [6.45, 7) is 6.86. The lowest BCUT2D eigenvalue weighted by Crippen LogP contribution is -2.29. The molecule has 0 aliphatic heterocycles.